The van der Waals surface area contributed by atoms with Gasteiger partial charge in [-0.1, -0.05) is 23.7 Å². The van der Waals surface area contributed by atoms with Crippen LogP contribution in [0, 0.1) is 0 Å². The van der Waals surface area contributed by atoms with Crippen LogP contribution in [-0.2, 0) is 4.79 Å². The van der Waals surface area contributed by atoms with Crippen molar-refractivity contribution in [3.63, 3.8) is 0 Å². The second-order valence-corrected chi connectivity index (χ2v) is 5.30. The van der Waals surface area contributed by atoms with E-state index in [9.17, 15) is 9.90 Å². The van der Waals surface area contributed by atoms with E-state index >= 15 is 0 Å². The number of carbonyl (C=O) groups is 1. The summed E-state index contributed by atoms with van der Waals surface area (Å²) in [5, 5.41) is 12.8. The van der Waals surface area contributed by atoms with Gasteiger partial charge in [-0.3, -0.25) is 9.69 Å². The number of amides is 1. The fourth-order valence-electron chi connectivity index (χ4n) is 1.58. The van der Waals surface area contributed by atoms with Crippen molar-refractivity contribution in [3.05, 3.63) is 34.9 Å². The third kappa shape index (κ3) is 5.19. The highest BCUT2D eigenvalue weighted by atomic mass is 35.5. The third-order valence-electron chi connectivity index (χ3n) is 3.06. The average Bonchev–Trinajstić information content (AvgIpc) is 2.37. The summed E-state index contributed by atoms with van der Waals surface area (Å²) in [7, 11) is 1.89. The summed E-state index contributed by atoms with van der Waals surface area (Å²) in [6.45, 7) is 4.21. The Morgan fingerprint density at radius 3 is 2.42 bits per heavy atom. The molecular weight excluding hydrogens is 264 g/mol. The SMILES string of the molecule is CC(C)N(C)CC(=O)NC(CO)c1ccc(Cl)cc1. The fraction of sp³-hybridized carbons (Fsp3) is 0.500. The summed E-state index contributed by atoms with van der Waals surface area (Å²) in [4.78, 5) is 13.8. The van der Waals surface area contributed by atoms with Crippen molar-refractivity contribution in [1.29, 1.82) is 0 Å². The first-order valence-corrected chi connectivity index (χ1v) is 6.67. The quantitative estimate of drug-likeness (QED) is 0.838. The van der Waals surface area contributed by atoms with Gasteiger partial charge in [0, 0.05) is 11.1 Å². The monoisotopic (exact) mass is 284 g/mol. The largest absolute Gasteiger partial charge is 0.394 e. The molecule has 0 aliphatic rings. The molecule has 19 heavy (non-hydrogen) atoms. The van der Waals surface area contributed by atoms with Gasteiger partial charge in [0.2, 0.25) is 5.91 Å². The first kappa shape index (κ1) is 16.0. The van der Waals surface area contributed by atoms with Gasteiger partial charge < -0.3 is 10.4 Å². The number of carbonyl (C=O) groups excluding carboxylic acids is 1. The molecule has 0 aromatic heterocycles. The first-order chi connectivity index (χ1) is 8.93. The number of rotatable bonds is 6. The molecule has 1 rings (SSSR count). The van der Waals surface area contributed by atoms with Gasteiger partial charge in [-0.2, -0.15) is 0 Å². The summed E-state index contributed by atoms with van der Waals surface area (Å²) in [6.07, 6.45) is 0. The lowest BCUT2D eigenvalue weighted by Crippen LogP contribution is -2.40. The highest BCUT2D eigenvalue weighted by molar-refractivity contribution is 6.30. The number of hydrogen-bond donors (Lipinski definition) is 2. The summed E-state index contributed by atoms with van der Waals surface area (Å²) in [5.41, 5.74) is 0.840. The van der Waals surface area contributed by atoms with Gasteiger partial charge in [0.1, 0.15) is 0 Å². The summed E-state index contributed by atoms with van der Waals surface area (Å²) < 4.78 is 0. The van der Waals surface area contributed by atoms with E-state index in [1.165, 1.54) is 0 Å². The molecule has 5 heteroatoms. The maximum Gasteiger partial charge on any atom is 0.234 e. The highest BCUT2D eigenvalue weighted by Gasteiger charge is 2.15. The lowest BCUT2D eigenvalue weighted by molar-refractivity contribution is -0.123. The molecule has 106 valence electrons. The molecule has 1 atom stereocenters. The average molecular weight is 285 g/mol. The number of nitrogens with one attached hydrogen (secondary N) is 1. The van der Waals surface area contributed by atoms with Crippen molar-refractivity contribution in [2.75, 3.05) is 20.2 Å². The van der Waals surface area contributed by atoms with Gasteiger partial charge in [-0.15, -0.1) is 0 Å². The Labute approximate surface area is 119 Å². The molecule has 0 heterocycles. The molecule has 1 unspecified atom stereocenters. The Bertz CT molecular complexity index is 406. The molecule has 0 spiro atoms. The van der Waals surface area contributed by atoms with Crippen molar-refractivity contribution in [2.45, 2.75) is 25.9 Å². The number of likely N-dealkylation sites (N-methyl/N-ethyl adjacent to an activating group) is 1. The summed E-state index contributed by atoms with van der Waals surface area (Å²) in [6, 6.07) is 6.99. The maximum absolute atomic E-state index is 11.9. The van der Waals surface area contributed by atoms with Crippen LogP contribution in [0.15, 0.2) is 24.3 Å². The van der Waals surface area contributed by atoms with E-state index in [0.29, 0.717) is 17.6 Å². The minimum absolute atomic E-state index is 0.106. The van der Waals surface area contributed by atoms with Crippen LogP contribution in [0.5, 0.6) is 0 Å². The number of halogens is 1. The topological polar surface area (TPSA) is 52.6 Å². The standard InChI is InChI=1S/C14H21ClN2O2/c1-10(2)17(3)8-14(19)16-13(9-18)11-4-6-12(15)7-5-11/h4-7,10,13,18H,8-9H2,1-3H3,(H,16,19). The summed E-state index contributed by atoms with van der Waals surface area (Å²) in [5.74, 6) is -0.106. The Balaban J connectivity index is 2.62. The van der Waals surface area contributed by atoms with E-state index in [4.69, 9.17) is 11.6 Å². The van der Waals surface area contributed by atoms with Crippen molar-refractivity contribution < 1.29 is 9.90 Å². The van der Waals surface area contributed by atoms with E-state index in [2.05, 4.69) is 5.32 Å². The Kier molecular flexibility index (Phi) is 6.28. The van der Waals surface area contributed by atoms with Crippen LogP contribution in [0.3, 0.4) is 0 Å². The number of hydrogen-bond acceptors (Lipinski definition) is 3. The number of benzene rings is 1. The van der Waals surface area contributed by atoms with Crippen LogP contribution in [0.1, 0.15) is 25.5 Å². The predicted molar refractivity (Wildman–Crippen MR) is 77.2 cm³/mol. The van der Waals surface area contributed by atoms with Gasteiger partial charge in [-0.25, -0.2) is 0 Å². The molecule has 0 radical (unpaired) electrons. The molecule has 1 amide bonds. The minimum Gasteiger partial charge on any atom is -0.394 e. The molecule has 0 aliphatic heterocycles. The first-order valence-electron chi connectivity index (χ1n) is 6.30. The van der Waals surface area contributed by atoms with E-state index < -0.39 is 6.04 Å². The van der Waals surface area contributed by atoms with Gasteiger partial charge in [0.25, 0.3) is 0 Å². The Morgan fingerprint density at radius 2 is 1.95 bits per heavy atom. The molecule has 1 aromatic carbocycles. The lowest BCUT2D eigenvalue weighted by Gasteiger charge is -2.22. The van der Waals surface area contributed by atoms with Crippen LogP contribution >= 0.6 is 11.6 Å². The zero-order chi connectivity index (χ0) is 14.4. The van der Waals surface area contributed by atoms with Gasteiger partial charge in [0.15, 0.2) is 0 Å². The van der Waals surface area contributed by atoms with Gasteiger partial charge >= 0.3 is 0 Å². The van der Waals surface area contributed by atoms with E-state index in [-0.39, 0.29) is 12.5 Å². The molecule has 0 bridgehead atoms. The Hall–Kier alpha value is -1.10. The zero-order valence-corrected chi connectivity index (χ0v) is 12.3. The van der Waals surface area contributed by atoms with Crippen molar-refractivity contribution in [3.8, 4) is 0 Å². The van der Waals surface area contributed by atoms with Crippen LogP contribution in [0.25, 0.3) is 0 Å². The third-order valence-corrected chi connectivity index (χ3v) is 3.32. The number of aliphatic hydroxyl groups is 1. The van der Waals surface area contributed by atoms with Crippen LogP contribution in [0.4, 0.5) is 0 Å². The molecule has 0 saturated heterocycles. The van der Waals surface area contributed by atoms with Gasteiger partial charge in [0.05, 0.1) is 19.2 Å². The molecule has 2 N–H and O–H groups in total. The number of aliphatic hydroxyl groups excluding tert-OH is 1. The molecule has 0 fully saturated rings. The predicted octanol–water partition coefficient (Wildman–Crippen LogP) is 1.83. The van der Waals surface area contributed by atoms with Crippen molar-refractivity contribution in [1.82, 2.24) is 10.2 Å². The van der Waals surface area contributed by atoms with Crippen molar-refractivity contribution in [2.24, 2.45) is 0 Å². The molecule has 0 aliphatic carbocycles. The molecule has 0 saturated carbocycles. The van der Waals surface area contributed by atoms with E-state index in [1.54, 1.807) is 24.3 Å². The lowest BCUT2D eigenvalue weighted by atomic mass is 10.1. The van der Waals surface area contributed by atoms with Crippen LogP contribution in [0.2, 0.25) is 5.02 Å². The smallest absolute Gasteiger partial charge is 0.234 e. The molecule has 4 nitrogen and oxygen atoms in total. The van der Waals surface area contributed by atoms with Crippen molar-refractivity contribution >= 4 is 17.5 Å². The van der Waals surface area contributed by atoms with E-state index in [1.807, 2.05) is 25.8 Å². The molecular formula is C14H21ClN2O2. The highest BCUT2D eigenvalue weighted by Crippen LogP contribution is 2.16. The number of nitrogens with zero attached hydrogens (tertiary/aromatic N) is 1. The van der Waals surface area contributed by atoms with Gasteiger partial charge in [-0.05, 0) is 38.6 Å². The maximum atomic E-state index is 11.9. The zero-order valence-electron chi connectivity index (χ0n) is 11.6. The van der Waals surface area contributed by atoms with Crippen LogP contribution < -0.4 is 5.32 Å². The normalized spacial score (nSPS) is 12.8. The fourth-order valence-corrected chi connectivity index (χ4v) is 1.70. The van der Waals surface area contributed by atoms with E-state index in [0.717, 1.165) is 5.56 Å². The summed E-state index contributed by atoms with van der Waals surface area (Å²) >= 11 is 5.81. The second-order valence-electron chi connectivity index (χ2n) is 4.86. The Morgan fingerprint density at radius 1 is 1.37 bits per heavy atom. The van der Waals surface area contributed by atoms with Crippen LogP contribution in [-0.4, -0.2) is 42.2 Å². The second kappa shape index (κ2) is 7.48. The minimum atomic E-state index is -0.398. The molecule has 1 aromatic rings.